The van der Waals surface area contributed by atoms with Gasteiger partial charge in [-0.05, 0) is 29.7 Å². The molecule has 0 saturated heterocycles. The molecule has 0 bridgehead atoms. The third-order valence-electron chi connectivity index (χ3n) is 4.56. The van der Waals surface area contributed by atoms with Gasteiger partial charge in [0.25, 0.3) is 10.0 Å². The first-order valence-electron chi connectivity index (χ1n) is 8.31. The Morgan fingerprint density at radius 1 is 1.00 bits per heavy atom. The molecule has 0 aliphatic carbocycles. The molecule has 0 fully saturated rings. The van der Waals surface area contributed by atoms with E-state index in [0.29, 0.717) is 16.8 Å². The van der Waals surface area contributed by atoms with Crippen molar-refractivity contribution in [1.82, 2.24) is 0 Å². The van der Waals surface area contributed by atoms with E-state index in [1.54, 1.807) is 54.6 Å². The molecule has 0 saturated carbocycles. The molecule has 0 aromatic heterocycles. The Bertz CT molecular complexity index is 1180. The van der Waals surface area contributed by atoms with Crippen LogP contribution in [0.5, 0.6) is 0 Å². The number of benzene rings is 3. The van der Waals surface area contributed by atoms with Crippen LogP contribution in [0.15, 0.2) is 71.6 Å². The van der Waals surface area contributed by atoms with Gasteiger partial charge >= 0.3 is 0 Å². The lowest BCUT2D eigenvalue weighted by Crippen LogP contribution is -2.42. The summed E-state index contributed by atoms with van der Waals surface area (Å²) < 4.78 is 27.1. The maximum atomic E-state index is 13.0. The summed E-state index contributed by atoms with van der Waals surface area (Å²) in [6.07, 6.45) is 0. The SMILES string of the molecule is N#CCN(C(=O)CN1c2cccc3cccc(c23)S1(=O)=O)c1ccccc1. The maximum Gasteiger partial charge on any atom is 0.265 e. The molecule has 1 amide bonds. The summed E-state index contributed by atoms with van der Waals surface area (Å²) in [7, 11) is -3.82. The number of carbonyl (C=O) groups excluding carboxylic acids is 1. The van der Waals surface area contributed by atoms with E-state index in [1.165, 1.54) is 4.90 Å². The van der Waals surface area contributed by atoms with E-state index in [-0.39, 0.29) is 18.0 Å². The fourth-order valence-corrected chi connectivity index (χ4v) is 5.00. The van der Waals surface area contributed by atoms with Gasteiger partial charge in [0.05, 0.1) is 16.7 Å². The molecular weight excluding hydrogens is 362 g/mol. The van der Waals surface area contributed by atoms with Gasteiger partial charge in [0.2, 0.25) is 5.91 Å². The molecule has 4 rings (SSSR count). The quantitative estimate of drug-likeness (QED) is 0.655. The lowest BCUT2D eigenvalue weighted by atomic mass is 10.1. The zero-order valence-corrected chi connectivity index (χ0v) is 15.1. The van der Waals surface area contributed by atoms with Crippen LogP contribution in [0, 0.1) is 11.3 Å². The predicted octanol–water partition coefficient (Wildman–Crippen LogP) is 2.91. The molecule has 0 spiro atoms. The molecule has 27 heavy (non-hydrogen) atoms. The standard InChI is InChI=1S/C20H15N3O3S/c21-12-13-22(16-8-2-1-3-9-16)19(24)14-23-17-10-4-6-15-7-5-11-18(20(15)17)27(23,25)26/h1-11H,13-14H2. The van der Waals surface area contributed by atoms with Crippen molar-refractivity contribution in [3.05, 3.63) is 66.7 Å². The first-order chi connectivity index (χ1) is 13.0. The Labute approximate surface area is 156 Å². The minimum atomic E-state index is -3.82. The molecule has 3 aromatic rings. The smallest absolute Gasteiger partial charge is 0.265 e. The Kier molecular flexibility index (Phi) is 4.05. The van der Waals surface area contributed by atoms with Crippen LogP contribution in [0.1, 0.15) is 0 Å². The van der Waals surface area contributed by atoms with Gasteiger partial charge in [-0.25, -0.2) is 8.42 Å². The highest BCUT2D eigenvalue weighted by molar-refractivity contribution is 7.93. The van der Waals surface area contributed by atoms with Crippen LogP contribution in [-0.4, -0.2) is 27.4 Å². The van der Waals surface area contributed by atoms with Gasteiger partial charge < -0.3 is 0 Å². The minimum Gasteiger partial charge on any atom is -0.297 e. The van der Waals surface area contributed by atoms with E-state index in [1.807, 2.05) is 18.2 Å². The zero-order valence-electron chi connectivity index (χ0n) is 14.2. The Hall–Kier alpha value is -3.37. The number of hydrogen-bond acceptors (Lipinski definition) is 4. The minimum absolute atomic E-state index is 0.159. The van der Waals surface area contributed by atoms with Crippen molar-refractivity contribution in [1.29, 1.82) is 5.26 Å². The summed E-state index contributed by atoms with van der Waals surface area (Å²) in [5, 5.41) is 10.5. The highest BCUT2D eigenvalue weighted by Gasteiger charge is 2.37. The van der Waals surface area contributed by atoms with Gasteiger partial charge in [0.15, 0.2) is 0 Å². The first-order valence-corrected chi connectivity index (χ1v) is 9.75. The van der Waals surface area contributed by atoms with Crippen molar-refractivity contribution in [2.75, 3.05) is 22.3 Å². The van der Waals surface area contributed by atoms with Gasteiger partial charge in [0, 0.05) is 11.1 Å². The van der Waals surface area contributed by atoms with Crippen LogP contribution in [0.2, 0.25) is 0 Å². The average molecular weight is 377 g/mol. The monoisotopic (exact) mass is 377 g/mol. The van der Waals surface area contributed by atoms with Gasteiger partial charge in [-0.3, -0.25) is 14.0 Å². The number of para-hydroxylation sites is 1. The lowest BCUT2D eigenvalue weighted by Gasteiger charge is -2.24. The van der Waals surface area contributed by atoms with E-state index in [0.717, 1.165) is 9.69 Å². The maximum absolute atomic E-state index is 13.0. The normalized spacial score (nSPS) is 14.1. The summed E-state index contributed by atoms with van der Waals surface area (Å²) in [6.45, 7) is -0.527. The summed E-state index contributed by atoms with van der Waals surface area (Å²) in [5.74, 6) is -0.462. The molecule has 3 aromatic carbocycles. The highest BCUT2D eigenvalue weighted by atomic mass is 32.2. The molecule has 0 radical (unpaired) electrons. The summed E-state index contributed by atoms with van der Waals surface area (Å²) >= 11 is 0. The second kappa shape index (κ2) is 6.41. The second-order valence-electron chi connectivity index (χ2n) is 6.12. The fraction of sp³-hybridized carbons (Fsp3) is 0.100. The van der Waals surface area contributed by atoms with E-state index >= 15 is 0 Å². The Balaban J connectivity index is 1.74. The molecule has 134 valence electrons. The molecule has 0 atom stereocenters. The molecule has 0 N–H and O–H groups in total. The van der Waals surface area contributed by atoms with Gasteiger partial charge in [0.1, 0.15) is 13.1 Å². The fourth-order valence-electron chi connectivity index (χ4n) is 3.34. The number of sulfonamides is 1. The predicted molar refractivity (Wildman–Crippen MR) is 103 cm³/mol. The van der Waals surface area contributed by atoms with E-state index in [9.17, 15) is 13.2 Å². The summed E-state index contributed by atoms with van der Waals surface area (Å²) in [6, 6.07) is 21.1. The molecule has 1 aliphatic heterocycles. The average Bonchev–Trinajstić information content (AvgIpc) is 2.90. The first kappa shape index (κ1) is 17.1. The number of carbonyl (C=O) groups is 1. The van der Waals surface area contributed by atoms with Crippen LogP contribution in [0.4, 0.5) is 11.4 Å². The van der Waals surface area contributed by atoms with Crippen molar-refractivity contribution >= 4 is 38.1 Å². The van der Waals surface area contributed by atoms with Gasteiger partial charge in [-0.2, -0.15) is 5.26 Å². The Morgan fingerprint density at radius 2 is 1.70 bits per heavy atom. The van der Waals surface area contributed by atoms with Crippen LogP contribution in [0.3, 0.4) is 0 Å². The van der Waals surface area contributed by atoms with Gasteiger partial charge in [-0.1, -0.05) is 42.5 Å². The second-order valence-corrected chi connectivity index (χ2v) is 7.95. The molecule has 0 unspecified atom stereocenters. The lowest BCUT2D eigenvalue weighted by molar-refractivity contribution is -0.117. The van der Waals surface area contributed by atoms with E-state index in [4.69, 9.17) is 5.26 Å². The van der Waals surface area contributed by atoms with E-state index in [2.05, 4.69) is 0 Å². The summed E-state index contributed by atoms with van der Waals surface area (Å²) in [4.78, 5) is 14.4. The third kappa shape index (κ3) is 2.71. The van der Waals surface area contributed by atoms with Crippen LogP contribution in [-0.2, 0) is 14.8 Å². The number of nitriles is 1. The number of amides is 1. The number of hydrogen-bond donors (Lipinski definition) is 0. The van der Waals surface area contributed by atoms with Crippen molar-refractivity contribution in [3.8, 4) is 6.07 Å². The van der Waals surface area contributed by atoms with Crippen molar-refractivity contribution in [2.24, 2.45) is 0 Å². The van der Waals surface area contributed by atoms with Crippen LogP contribution in [0.25, 0.3) is 10.8 Å². The molecule has 1 aliphatic rings. The number of rotatable bonds is 4. The highest BCUT2D eigenvalue weighted by Crippen LogP contribution is 2.41. The van der Waals surface area contributed by atoms with Crippen LogP contribution < -0.4 is 9.21 Å². The van der Waals surface area contributed by atoms with Crippen molar-refractivity contribution < 1.29 is 13.2 Å². The van der Waals surface area contributed by atoms with Crippen molar-refractivity contribution in [3.63, 3.8) is 0 Å². The molecule has 6 nitrogen and oxygen atoms in total. The van der Waals surface area contributed by atoms with Gasteiger partial charge in [-0.15, -0.1) is 0 Å². The largest absolute Gasteiger partial charge is 0.297 e. The number of anilines is 2. The zero-order chi connectivity index (χ0) is 19.0. The van der Waals surface area contributed by atoms with Crippen molar-refractivity contribution in [2.45, 2.75) is 4.90 Å². The Morgan fingerprint density at radius 3 is 2.41 bits per heavy atom. The molecule has 7 heteroatoms. The summed E-state index contributed by atoms with van der Waals surface area (Å²) in [5.41, 5.74) is 1.04. The topological polar surface area (TPSA) is 81.5 Å². The third-order valence-corrected chi connectivity index (χ3v) is 6.36. The molecular formula is C20H15N3O3S. The van der Waals surface area contributed by atoms with Crippen LogP contribution >= 0.6 is 0 Å². The molecule has 1 heterocycles. The van der Waals surface area contributed by atoms with E-state index < -0.39 is 15.9 Å². The number of nitrogens with zero attached hydrogens (tertiary/aromatic N) is 3.